The van der Waals surface area contributed by atoms with E-state index in [0.717, 1.165) is 24.9 Å². The number of oxime groups is 1. The molecule has 0 spiro atoms. The highest BCUT2D eigenvalue weighted by atomic mass is 16.4. The van der Waals surface area contributed by atoms with E-state index in [1.54, 1.807) is 6.20 Å². The average Bonchev–Trinajstić information content (AvgIpc) is 2.37. The predicted octanol–water partition coefficient (Wildman–Crippen LogP) is 0.446. The molecule has 0 aliphatic carbocycles. The number of nitrogens with two attached hydrogens (primary N) is 1. The van der Waals surface area contributed by atoms with Gasteiger partial charge in [0.1, 0.15) is 5.82 Å². The molecule has 0 bridgehead atoms. The minimum absolute atomic E-state index is 0.0515. The molecule has 98 valence electrons. The number of aliphatic hydroxyl groups excluding tert-OH is 1. The minimum atomic E-state index is -0.346. The number of aryl methyl sites for hydroxylation is 1. The van der Waals surface area contributed by atoms with Crippen molar-refractivity contribution in [2.24, 2.45) is 10.9 Å². The summed E-state index contributed by atoms with van der Waals surface area (Å²) >= 11 is 0. The van der Waals surface area contributed by atoms with Gasteiger partial charge < -0.3 is 20.9 Å². The Morgan fingerprint density at radius 2 is 2.39 bits per heavy atom. The van der Waals surface area contributed by atoms with Gasteiger partial charge in [0, 0.05) is 19.3 Å². The third-order valence-corrected chi connectivity index (χ3v) is 3.20. The molecule has 1 aliphatic heterocycles. The van der Waals surface area contributed by atoms with Crippen LogP contribution < -0.4 is 10.6 Å². The fourth-order valence-corrected chi connectivity index (χ4v) is 2.30. The Hall–Kier alpha value is -1.82. The number of hydrogen-bond donors (Lipinski definition) is 3. The van der Waals surface area contributed by atoms with E-state index >= 15 is 0 Å². The van der Waals surface area contributed by atoms with Gasteiger partial charge in [0.15, 0.2) is 5.84 Å². The van der Waals surface area contributed by atoms with E-state index in [-0.39, 0.29) is 11.9 Å². The second kappa shape index (κ2) is 5.22. The normalized spacial score (nSPS) is 21.1. The summed E-state index contributed by atoms with van der Waals surface area (Å²) in [4.78, 5) is 6.29. The zero-order valence-electron chi connectivity index (χ0n) is 10.4. The van der Waals surface area contributed by atoms with Crippen molar-refractivity contribution < 1.29 is 10.3 Å². The largest absolute Gasteiger partial charge is 0.409 e. The number of aromatic nitrogens is 1. The molecule has 2 rings (SSSR count). The number of hydrogen-bond acceptors (Lipinski definition) is 5. The lowest BCUT2D eigenvalue weighted by atomic mass is 10.1. The molecule has 4 N–H and O–H groups in total. The van der Waals surface area contributed by atoms with Gasteiger partial charge >= 0.3 is 0 Å². The average molecular weight is 250 g/mol. The molecular weight excluding hydrogens is 232 g/mol. The van der Waals surface area contributed by atoms with E-state index in [1.165, 1.54) is 0 Å². The van der Waals surface area contributed by atoms with Gasteiger partial charge in [-0.3, -0.25) is 0 Å². The third-order valence-electron chi connectivity index (χ3n) is 3.20. The van der Waals surface area contributed by atoms with Gasteiger partial charge in [0.25, 0.3) is 0 Å². The van der Waals surface area contributed by atoms with Crippen molar-refractivity contribution in [2.75, 3.05) is 18.0 Å². The van der Waals surface area contributed by atoms with Crippen LogP contribution in [0.25, 0.3) is 0 Å². The second-order valence-corrected chi connectivity index (χ2v) is 4.55. The van der Waals surface area contributed by atoms with E-state index in [2.05, 4.69) is 10.1 Å². The number of amidine groups is 1. The Morgan fingerprint density at radius 3 is 3.06 bits per heavy atom. The number of piperidine rings is 1. The molecule has 6 heteroatoms. The number of aliphatic hydroxyl groups is 1. The number of β-amino-alcohol motifs (C(OH)–C–C–N with tert-alkyl or cyclic N) is 1. The van der Waals surface area contributed by atoms with Gasteiger partial charge in [-0.2, -0.15) is 0 Å². The third kappa shape index (κ3) is 2.38. The van der Waals surface area contributed by atoms with Crippen molar-refractivity contribution in [2.45, 2.75) is 25.9 Å². The van der Waals surface area contributed by atoms with Crippen LogP contribution in [-0.2, 0) is 0 Å². The Labute approximate surface area is 106 Å². The topological polar surface area (TPSA) is 95.0 Å². The van der Waals surface area contributed by atoms with Crippen LogP contribution in [-0.4, -0.2) is 40.3 Å². The summed E-state index contributed by atoms with van der Waals surface area (Å²) in [5.41, 5.74) is 7.24. The molecule has 6 nitrogen and oxygen atoms in total. The summed E-state index contributed by atoms with van der Waals surface area (Å²) in [6.07, 6.45) is 3.06. The molecular formula is C12H18N4O2. The molecule has 1 atom stereocenters. The Bertz CT molecular complexity index is 461. The standard InChI is InChI=1S/C12H18N4O2/c1-8-4-5-14-12(10(8)11(13)15-18)16-6-2-3-9(17)7-16/h4-5,9,17-18H,2-3,6-7H2,1H3,(H2,13,15). The van der Waals surface area contributed by atoms with Crippen LogP contribution in [0.3, 0.4) is 0 Å². The lowest BCUT2D eigenvalue weighted by molar-refractivity contribution is 0.154. The molecule has 1 aromatic heterocycles. The maximum atomic E-state index is 9.72. The van der Waals surface area contributed by atoms with E-state index in [1.807, 2.05) is 17.9 Å². The van der Waals surface area contributed by atoms with Gasteiger partial charge in [-0.1, -0.05) is 5.16 Å². The zero-order chi connectivity index (χ0) is 13.1. The van der Waals surface area contributed by atoms with E-state index in [4.69, 9.17) is 10.9 Å². The first kappa shape index (κ1) is 12.6. The van der Waals surface area contributed by atoms with E-state index in [9.17, 15) is 5.11 Å². The first-order valence-electron chi connectivity index (χ1n) is 6.00. The molecule has 1 saturated heterocycles. The van der Waals surface area contributed by atoms with Crippen LogP contribution in [0, 0.1) is 6.92 Å². The van der Waals surface area contributed by atoms with Gasteiger partial charge in [-0.25, -0.2) is 4.98 Å². The lowest BCUT2D eigenvalue weighted by Gasteiger charge is -2.32. The Morgan fingerprint density at radius 1 is 1.61 bits per heavy atom. The SMILES string of the molecule is Cc1ccnc(N2CCCC(O)C2)c1/C(N)=N/O. The summed E-state index contributed by atoms with van der Waals surface area (Å²) in [7, 11) is 0. The molecule has 1 fully saturated rings. The summed E-state index contributed by atoms with van der Waals surface area (Å²) < 4.78 is 0. The summed E-state index contributed by atoms with van der Waals surface area (Å²) in [6, 6.07) is 1.82. The molecule has 0 radical (unpaired) electrons. The van der Waals surface area contributed by atoms with Crippen molar-refractivity contribution in [3.05, 3.63) is 23.4 Å². The molecule has 1 aliphatic rings. The number of nitrogens with zero attached hydrogens (tertiary/aromatic N) is 3. The first-order chi connectivity index (χ1) is 8.63. The molecule has 2 heterocycles. The van der Waals surface area contributed by atoms with Gasteiger partial charge in [0.2, 0.25) is 0 Å². The van der Waals surface area contributed by atoms with Crippen LogP contribution in [0.1, 0.15) is 24.0 Å². The highest BCUT2D eigenvalue weighted by Crippen LogP contribution is 2.24. The zero-order valence-corrected chi connectivity index (χ0v) is 10.4. The van der Waals surface area contributed by atoms with Crippen molar-refractivity contribution in [1.29, 1.82) is 0 Å². The molecule has 1 unspecified atom stereocenters. The van der Waals surface area contributed by atoms with Crippen LogP contribution in [0.15, 0.2) is 17.4 Å². The first-order valence-corrected chi connectivity index (χ1v) is 6.00. The fraction of sp³-hybridized carbons (Fsp3) is 0.500. The molecule has 0 amide bonds. The molecule has 0 aromatic carbocycles. The predicted molar refractivity (Wildman–Crippen MR) is 68.9 cm³/mol. The maximum absolute atomic E-state index is 9.72. The van der Waals surface area contributed by atoms with Crippen LogP contribution in [0.2, 0.25) is 0 Å². The van der Waals surface area contributed by atoms with Gasteiger partial charge in [-0.15, -0.1) is 0 Å². The lowest BCUT2D eigenvalue weighted by Crippen LogP contribution is -2.40. The maximum Gasteiger partial charge on any atom is 0.174 e. The van der Waals surface area contributed by atoms with Gasteiger partial charge in [-0.05, 0) is 31.4 Å². The van der Waals surface area contributed by atoms with Crippen LogP contribution >= 0.6 is 0 Å². The van der Waals surface area contributed by atoms with Crippen molar-refractivity contribution in [1.82, 2.24) is 4.98 Å². The smallest absolute Gasteiger partial charge is 0.174 e. The summed E-state index contributed by atoms with van der Waals surface area (Å²) in [5, 5.41) is 21.6. The Balaban J connectivity index is 2.40. The van der Waals surface area contributed by atoms with Crippen LogP contribution in [0.4, 0.5) is 5.82 Å². The quantitative estimate of drug-likeness (QED) is 0.306. The monoisotopic (exact) mass is 250 g/mol. The van der Waals surface area contributed by atoms with Crippen molar-refractivity contribution in [3.63, 3.8) is 0 Å². The molecule has 0 saturated carbocycles. The molecule has 18 heavy (non-hydrogen) atoms. The highest BCUT2D eigenvalue weighted by Gasteiger charge is 2.23. The number of pyridine rings is 1. The number of rotatable bonds is 2. The highest BCUT2D eigenvalue weighted by molar-refractivity contribution is 6.02. The number of anilines is 1. The molecule has 1 aromatic rings. The minimum Gasteiger partial charge on any atom is -0.409 e. The Kier molecular flexibility index (Phi) is 3.66. The van der Waals surface area contributed by atoms with E-state index < -0.39 is 0 Å². The second-order valence-electron chi connectivity index (χ2n) is 4.55. The summed E-state index contributed by atoms with van der Waals surface area (Å²) in [5.74, 6) is 0.722. The van der Waals surface area contributed by atoms with Crippen molar-refractivity contribution >= 4 is 11.7 Å². The van der Waals surface area contributed by atoms with Gasteiger partial charge in [0.05, 0.1) is 11.7 Å². The van der Waals surface area contributed by atoms with Crippen LogP contribution in [0.5, 0.6) is 0 Å². The fourth-order valence-electron chi connectivity index (χ4n) is 2.30. The summed E-state index contributed by atoms with van der Waals surface area (Å²) in [6.45, 7) is 3.24. The van der Waals surface area contributed by atoms with E-state index in [0.29, 0.717) is 17.9 Å². The van der Waals surface area contributed by atoms with Crippen molar-refractivity contribution in [3.8, 4) is 0 Å².